The van der Waals surface area contributed by atoms with Gasteiger partial charge in [0.2, 0.25) is 0 Å². The highest BCUT2D eigenvalue weighted by Crippen LogP contribution is 2.24. The molecule has 0 saturated heterocycles. The third-order valence-corrected chi connectivity index (χ3v) is 4.70. The first kappa shape index (κ1) is 17.9. The van der Waals surface area contributed by atoms with Crippen molar-refractivity contribution in [2.24, 2.45) is 0 Å². The molecule has 4 rings (SSSR count). The first-order valence-corrected chi connectivity index (χ1v) is 9.53. The average molecular weight is 394 g/mol. The number of imidazole rings is 1. The molecular weight excluding hydrogens is 379 g/mol. The number of carbonyl (C=O) groups excluding carboxylic acids is 1. The highest BCUT2D eigenvalue weighted by molar-refractivity contribution is 7.98. The van der Waals surface area contributed by atoms with Crippen LogP contribution < -0.4 is 5.32 Å². The number of carbonyl (C=O) groups is 1. The van der Waals surface area contributed by atoms with E-state index >= 15 is 0 Å². The first-order chi connectivity index (χ1) is 13.7. The minimum absolute atomic E-state index is 0.337. The lowest BCUT2D eigenvalue weighted by Crippen LogP contribution is -2.18. The number of hydrogen-bond acceptors (Lipinski definition) is 5. The summed E-state index contributed by atoms with van der Waals surface area (Å²) in [6, 6.07) is 13.2. The van der Waals surface area contributed by atoms with Crippen molar-refractivity contribution in [1.29, 1.82) is 0 Å². The van der Waals surface area contributed by atoms with Crippen molar-refractivity contribution >= 4 is 23.4 Å². The van der Waals surface area contributed by atoms with E-state index in [0.29, 0.717) is 27.9 Å². The third-order valence-electron chi connectivity index (χ3n) is 4.05. The normalized spacial score (nSPS) is 10.8. The summed E-state index contributed by atoms with van der Waals surface area (Å²) in [6.07, 6.45) is 6.35. The molecule has 1 amide bonds. The molecule has 2 aromatic heterocycles. The van der Waals surface area contributed by atoms with Crippen molar-refractivity contribution in [3.8, 4) is 11.4 Å². The van der Waals surface area contributed by atoms with Gasteiger partial charge < -0.3 is 5.32 Å². The van der Waals surface area contributed by atoms with E-state index in [9.17, 15) is 9.18 Å². The Balaban J connectivity index is 1.71. The monoisotopic (exact) mass is 394 g/mol. The van der Waals surface area contributed by atoms with E-state index in [0.717, 1.165) is 0 Å². The number of thioether (sulfide) groups is 1. The summed E-state index contributed by atoms with van der Waals surface area (Å²) in [7, 11) is 0. The molecule has 0 radical (unpaired) electrons. The second-order valence-electron chi connectivity index (χ2n) is 5.75. The van der Waals surface area contributed by atoms with E-state index in [1.165, 1.54) is 36.4 Å². The van der Waals surface area contributed by atoms with Gasteiger partial charge in [-0.2, -0.15) is 5.10 Å². The van der Waals surface area contributed by atoms with Gasteiger partial charge in [-0.3, -0.25) is 9.36 Å². The minimum Gasteiger partial charge on any atom is -0.319 e. The number of rotatable bonds is 5. The van der Waals surface area contributed by atoms with Crippen LogP contribution in [0.15, 0.2) is 72.5 Å². The van der Waals surface area contributed by atoms with Crippen LogP contribution in [-0.2, 0) is 0 Å². The third kappa shape index (κ3) is 3.39. The van der Waals surface area contributed by atoms with Crippen LogP contribution >= 0.6 is 11.8 Å². The fourth-order valence-corrected chi connectivity index (χ4v) is 3.32. The van der Waals surface area contributed by atoms with Crippen molar-refractivity contribution in [2.45, 2.75) is 5.16 Å². The quantitative estimate of drug-likeness (QED) is 0.524. The van der Waals surface area contributed by atoms with Gasteiger partial charge in [-0.15, -0.1) is 0 Å². The lowest BCUT2D eigenvalue weighted by molar-refractivity contribution is 0.102. The largest absolute Gasteiger partial charge is 0.319 e. The van der Waals surface area contributed by atoms with Gasteiger partial charge in [0, 0.05) is 5.69 Å². The van der Waals surface area contributed by atoms with Gasteiger partial charge >= 0.3 is 0 Å². The smallest absolute Gasteiger partial charge is 0.274 e. The van der Waals surface area contributed by atoms with Crippen LogP contribution in [0.4, 0.5) is 10.1 Å². The van der Waals surface area contributed by atoms with Gasteiger partial charge in [-0.05, 0) is 42.7 Å². The molecule has 2 heterocycles. The van der Waals surface area contributed by atoms with Crippen molar-refractivity contribution in [3.05, 3.63) is 78.9 Å². The maximum atomic E-state index is 13.3. The number of anilines is 1. The molecule has 7 nitrogen and oxygen atoms in total. The highest BCUT2D eigenvalue weighted by atomic mass is 32.2. The molecular formula is C19H15FN6OS. The van der Waals surface area contributed by atoms with Crippen molar-refractivity contribution in [2.75, 3.05) is 11.6 Å². The Morgan fingerprint density at radius 3 is 2.64 bits per heavy atom. The molecule has 0 saturated carbocycles. The van der Waals surface area contributed by atoms with Gasteiger partial charge in [-0.1, -0.05) is 23.9 Å². The molecule has 0 aliphatic rings. The van der Waals surface area contributed by atoms with E-state index < -0.39 is 0 Å². The van der Waals surface area contributed by atoms with Crippen LogP contribution in [0.3, 0.4) is 0 Å². The molecule has 0 aliphatic carbocycles. The summed E-state index contributed by atoms with van der Waals surface area (Å²) in [4.78, 5) is 21.3. The Morgan fingerprint density at radius 1 is 1.14 bits per heavy atom. The van der Waals surface area contributed by atoms with Crippen LogP contribution in [0.1, 0.15) is 10.5 Å². The molecule has 0 spiro atoms. The lowest BCUT2D eigenvalue weighted by atomic mass is 10.2. The zero-order valence-electron chi connectivity index (χ0n) is 14.8. The van der Waals surface area contributed by atoms with Crippen molar-refractivity contribution in [1.82, 2.24) is 24.3 Å². The van der Waals surface area contributed by atoms with E-state index in [1.54, 1.807) is 33.8 Å². The molecule has 0 atom stereocenters. The van der Waals surface area contributed by atoms with Crippen molar-refractivity contribution < 1.29 is 9.18 Å². The molecule has 4 aromatic rings. The molecule has 1 N–H and O–H groups in total. The van der Waals surface area contributed by atoms with Gasteiger partial charge in [0.15, 0.2) is 5.16 Å². The van der Waals surface area contributed by atoms with E-state index in [4.69, 9.17) is 0 Å². The number of benzene rings is 2. The van der Waals surface area contributed by atoms with Gasteiger partial charge in [0.25, 0.3) is 5.91 Å². The Kier molecular flexibility index (Phi) is 4.90. The van der Waals surface area contributed by atoms with Crippen LogP contribution in [0.5, 0.6) is 0 Å². The molecule has 0 aliphatic heterocycles. The standard InChI is InChI=1S/C19H15FN6OS/c1-28-19-22-10-17(26(19)14-8-6-13(20)7-9-14)18(27)24-15-4-2-3-5-16(15)25-12-21-11-23-25/h2-12H,1H3,(H,24,27). The zero-order valence-corrected chi connectivity index (χ0v) is 15.6. The number of aromatic nitrogens is 5. The Labute approximate surface area is 164 Å². The predicted octanol–water partition coefficient (Wildman–Crippen LogP) is 3.57. The van der Waals surface area contributed by atoms with Gasteiger partial charge in [0.05, 0.1) is 17.6 Å². The molecule has 9 heteroatoms. The van der Waals surface area contributed by atoms with Crippen LogP contribution in [0.2, 0.25) is 0 Å². The summed E-state index contributed by atoms with van der Waals surface area (Å²) in [6.45, 7) is 0. The number of nitrogens with zero attached hydrogens (tertiary/aromatic N) is 5. The molecule has 0 bridgehead atoms. The number of amides is 1. The van der Waals surface area contributed by atoms with Crippen LogP contribution in [-0.4, -0.2) is 36.5 Å². The summed E-state index contributed by atoms with van der Waals surface area (Å²) in [5, 5.41) is 7.64. The molecule has 0 unspecified atom stereocenters. The maximum Gasteiger partial charge on any atom is 0.274 e. The van der Waals surface area contributed by atoms with Gasteiger partial charge in [0.1, 0.15) is 24.2 Å². The van der Waals surface area contributed by atoms with E-state index in [1.807, 2.05) is 24.5 Å². The fraction of sp³-hybridized carbons (Fsp3) is 0.0526. The second kappa shape index (κ2) is 7.65. The van der Waals surface area contributed by atoms with E-state index in [2.05, 4.69) is 20.4 Å². The summed E-state index contributed by atoms with van der Waals surface area (Å²) in [5.41, 5.74) is 2.25. The first-order valence-electron chi connectivity index (χ1n) is 8.30. The Hall–Kier alpha value is -3.46. The Bertz CT molecular complexity index is 1110. The number of nitrogens with one attached hydrogen (secondary N) is 1. The fourth-order valence-electron chi connectivity index (χ4n) is 2.78. The predicted molar refractivity (Wildman–Crippen MR) is 105 cm³/mol. The van der Waals surface area contributed by atoms with Crippen LogP contribution in [0.25, 0.3) is 11.4 Å². The number of para-hydroxylation sites is 2. The average Bonchev–Trinajstić information content (AvgIpc) is 3.39. The second-order valence-corrected chi connectivity index (χ2v) is 6.53. The summed E-state index contributed by atoms with van der Waals surface area (Å²) < 4.78 is 16.6. The molecule has 0 fully saturated rings. The summed E-state index contributed by atoms with van der Waals surface area (Å²) >= 11 is 1.40. The molecule has 2 aromatic carbocycles. The summed E-state index contributed by atoms with van der Waals surface area (Å²) in [5.74, 6) is -0.688. The molecule has 140 valence electrons. The zero-order chi connectivity index (χ0) is 19.5. The SMILES string of the molecule is CSc1ncc(C(=O)Nc2ccccc2-n2cncn2)n1-c1ccc(F)cc1. The van der Waals surface area contributed by atoms with E-state index in [-0.39, 0.29) is 11.7 Å². The number of halogens is 1. The Morgan fingerprint density at radius 2 is 1.93 bits per heavy atom. The molecule has 28 heavy (non-hydrogen) atoms. The highest BCUT2D eigenvalue weighted by Gasteiger charge is 2.19. The maximum absolute atomic E-state index is 13.3. The lowest BCUT2D eigenvalue weighted by Gasteiger charge is -2.13. The van der Waals surface area contributed by atoms with Crippen molar-refractivity contribution in [3.63, 3.8) is 0 Å². The topological polar surface area (TPSA) is 77.6 Å². The van der Waals surface area contributed by atoms with Gasteiger partial charge in [-0.25, -0.2) is 19.0 Å². The van der Waals surface area contributed by atoms with Crippen LogP contribution in [0, 0.1) is 5.82 Å². The minimum atomic E-state index is -0.345. The number of hydrogen-bond donors (Lipinski definition) is 1.